The number of ether oxygens (including phenoxy) is 3. The zero-order chi connectivity index (χ0) is 24.0. The van der Waals surface area contributed by atoms with Gasteiger partial charge in [0.25, 0.3) is 0 Å². The number of methoxy groups -OCH3 is 2. The Kier molecular flexibility index (Phi) is 5.13. The van der Waals surface area contributed by atoms with Gasteiger partial charge in [0.05, 0.1) is 20.6 Å². The fourth-order valence-electron chi connectivity index (χ4n) is 4.38. The van der Waals surface area contributed by atoms with Gasteiger partial charge in [-0.3, -0.25) is 9.59 Å². The van der Waals surface area contributed by atoms with E-state index in [2.05, 4.69) is 0 Å². The molecule has 8 heteroatoms. The molecule has 1 aromatic heterocycles. The summed E-state index contributed by atoms with van der Waals surface area (Å²) in [6, 6.07) is 14.0. The first-order valence-corrected chi connectivity index (χ1v) is 10.5. The van der Waals surface area contributed by atoms with Gasteiger partial charge < -0.3 is 28.8 Å². The third-order valence-corrected chi connectivity index (χ3v) is 5.89. The molecule has 0 fully saturated rings. The second-order valence-corrected chi connectivity index (χ2v) is 7.85. The number of carbonyl (C=O) groups excluding carboxylic acids is 1. The average Bonchev–Trinajstić information content (AvgIpc) is 2.82. The minimum absolute atomic E-state index is 0.0221. The second-order valence-electron chi connectivity index (χ2n) is 7.85. The SMILES string of the molecule is COc1cccc([C@H]2CC(=O)Oc3cc(O)c4c(=O)cc(-c5ccc(O)cc5)oc4c32)c1OC. The van der Waals surface area contributed by atoms with Crippen LogP contribution < -0.4 is 19.6 Å². The van der Waals surface area contributed by atoms with Crippen molar-refractivity contribution in [2.45, 2.75) is 12.3 Å². The molecule has 0 amide bonds. The van der Waals surface area contributed by atoms with Crippen LogP contribution in [0.25, 0.3) is 22.3 Å². The summed E-state index contributed by atoms with van der Waals surface area (Å²) in [6.45, 7) is 0. The predicted octanol–water partition coefficient (Wildman–Crippen LogP) is 4.33. The van der Waals surface area contributed by atoms with Crippen molar-refractivity contribution >= 4 is 16.9 Å². The highest BCUT2D eigenvalue weighted by Crippen LogP contribution is 2.49. The summed E-state index contributed by atoms with van der Waals surface area (Å²) < 4.78 is 22.6. The Balaban J connectivity index is 1.83. The van der Waals surface area contributed by atoms with Gasteiger partial charge in [0.1, 0.15) is 34.0 Å². The van der Waals surface area contributed by atoms with Crippen LogP contribution in [0.1, 0.15) is 23.5 Å². The van der Waals surface area contributed by atoms with Crippen molar-refractivity contribution < 1.29 is 33.6 Å². The number of hydrogen-bond donors (Lipinski definition) is 2. The van der Waals surface area contributed by atoms with Crippen LogP contribution >= 0.6 is 0 Å². The van der Waals surface area contributed by atoms with Gasteiger partial charge in [0.15, 0.2) is 16.9 Å². The fraction of sp³-hybridized carbons (Fsp3) is 0.154. The van der Waals surface area contributed by atoms with E-state index in [9.17, 15) is 19.8 Å². The summed E-state index contributed by atoms with van der Waals surface area (Å²) >= 11 is 0. The lowest BCUT2D eigenvalue weighted by Crippen LogP contribution is -2.22. The minimum Gasteiger partial charge on any atom is -0.508 e. The molecule has 5 rings (SSSR count). The third kappa shape index (κ3) is 3.40. The number of phenolic OH excluding ortho intramolecular Hbond substituents is 2. The monoisotopic (exact) mass is 460 g/mol. The Labute approximate surface area is 193 Å². The number of rotatable bonds is 4. The van der Waals surface area contributed by atoms with Crippen molar-refractivity contribution in [3.05, 3.63) is 75.9 Å². The van der Waals surface area contributed by atoms with E-state index in [1.165, 1.54) is 38.5 Å². The highest BCUT2D eigenvalue weighted by Gasteiger charge is 2.35. The molecule has 0 aliphatic carbocycles. The topological polar surface area (TPSA) is 115 Å². The first kappa shape index (κ1) is 21.4. The zero-order valence-electron chi connectivity index (χ0n) is 18.3. The van der Waals surface area contributed by atoms with E-state index < -0.39 is 17.3 Å². The van der Waals surface area contributed by atoms with Gasteiger partial charge in [0, 0.05) is 34.7 Å². The molecule has 1 aliphatic rings. The van der Waals surface area contributed by atoms with Gasteiger partial charge in [0.2, 0.25) is 0 Å². The molecular weight excluding hydrogens is 440 g/mol. The number of fused-ring (bicyclic) bond motifs is 3. The summed E-state index contributed by atoms with van der Waals surface area (Å²) in [5.41, 5.74) is 1.28. The molecule has 3 aromatic carbocycles. The van der Waals surface area contributed by atoms with Crippen molar-refractivity contribution in [2.24, 2.45) is 0 Å². The van der Waals surface area contributed by atoms with Gasteiger partial charge >= 0.3 is 5.97 Å². The first-order valence-electron chi connectivity index (χ1n) is 10.5. The van der Waals surface area contributed by atoms with Crippen molar-refractivity contribution in [3.63, 3.8) is 0 Å². The number of esters is 1. The molecule has 0 bridgehead atoms. The quantitative estimate of drug-likeness (QED) is 0.342. The molecule has 34 heavy (non-hydrogen) atoms. The van der Waals surface area contributed by atoms with Gasteiger partial charge in [-0.15, -0.1) is 0 Å². The fourth-order valence-corrected chi connectivity index (χ4v) is 4.38. The van der Waals surface area contributed by atoms with Crippen LogP contribution in [0, 0.1) is 0 Å². The van der Waals surface area contributed by atoms with Crippen LogP contribution in [0.4, 0.5) is 0 Å². The molecule has 0 radical (unpaired) electrons. The number of aromatic hydroxyl groups is 2. The van der Waals surface area contributed by atoms with Gasteiger partial charge in [-0.2, -0.15) is 0 Å². The lowest BCUT2D eigenvalue weighted by atomic mass is 9.84. The lowest BCUT2D eigenvalue weighted by molar-refractivity contribution is -0.135. The summed E-state index contributed by atoms with van der Waals surface area (Å²) in [7, 11) is 3.02. The normalized spacial score (nSPS) is 15.0. The molecule has 8 nitrogen and oxygen atoms in total. The highest BCUT2D eigenvalue weighted by atomic mass is 16.5. The van der Waals surface area contributed by atoms with E-state index in [0.717, 1.165) is 0 Å². The van der Waals surface area contributed by atoms with E-state index in [1.54, 1.807) is 30.3 Å². The summed E-state index contributed by atoms with van der Waals surface area (Å²) in [4.78, 5) is 25.6. The van der Waals surface area contributed by atoms with E-state index in [-0.39, 0.29) is 40.4 Å². The molecule has 4 aromatic rings. The zero-order valence-corrected chi connectivity index (χ0v) is 18.3. The molecular formula is C26H20O8. The van der Waals surface area contributed by atoms with Crippen LogP contribution in [0.15, 0.2) is 63.8 Å². The maximum absolute atomic E-state index is 13.1. The van der Waals surface area contributed by atoms with Gasteiger partial charge in [-0.25, -0.2) is 0 Å². The van der Waals surface area contributed by atoms with E-state index >= 15 is 0 Å². The number of carbonyl (C=O) groups is 1. The number of para-hydroxylation sites is 1. The van der Waals surface area contributed by atoms with Crippen molar-refractivity contribution in [2.75, 3.05) is 14.2 Å². The highest BCUT2D eigenvalue weighted by molar-refractivity contribution is 5.93. The smallest absolute Gasteiger partial charge is 0.312 e. The van der Waals surface area contributed by atoms with Crippen LogP contribution in [0.3, 0.4) is 0 Å². The first-order chi connectivity index (χ1) is 16.4. The molecule has 2 N–H and O–H groups in total. The summed E-state index contributed by atoms with van der Waals surface area (Å²) in [6.07, 6.45) is -0.0381. The van der Waals surface area contributed by atoms with Crippen LogP contribution in [-0.4, -0.2) is 30.4 Å². The molecule has 172 valence electrons. The third-order valence-electron chi connectivity index (χ3n) is 5.89. The summed E-state index contributed by atoms with van der Waals surface area (Å²) in [5.74, 6) is -0.130. The Bertz CT molecular complexity index is 1480. The molecule has 0 saturated heterocycles. The minimum atomic E-state index is -0.595. The molecule has 0 unspecified atom stereocenters. The van der Waals surface area contributed by atoms with Crippen LogP contribution in [0.5, 0.6) is 28.7 Å². The Morgan fingerprint density at radius 2 is 1.74 bits per heavy atom. The molecule has 1 aliphatic heterocycles. The number of phenols is 2. The maximum Gasteiger partial charge on any atom is 0.312 e. The van der Waals surface area contributed by atoms with Crippen LogP contribution in [-0.2, 0) is 4.79 Å². The molecule has 1 atom stereocenters. The van der Waals surface area contributed by atoms with E-state index in [4.69, 9.17) is 18.6 Å². The molecule has 0 saturated carbocycles. The Morgan fingerprint density at radius 1 is 0.971 bits per heavy atom. The van der Waals surface area contributed by atoms with Crippen molar-refractivity contribution in [1.82, 2.24) is 0 Å². The number of hydrogen-bond acceptors (Lipinski definition) is 8. The molecule has 0 spiro atoms. The Hall–Kier alpha value is -4.46. The van der Waals surface area contributed by atoms with E-state index in [0.29, 0.717) is 28.2 Å². The van der Waals surface area contributed by atoms with Gasteiger partial charge in [-0.1, -0.05) is 12.1 Å². The van der Waals surface area contributed by atoms with Gasteiger partial charge in [-0.05, 0) is 30.3 Å². The second kappa shape index (κ2) is 8.15. The maximum atomic E-state index is 13.1. The van der Waals surface area contributed by atoms with Crippen LogP contribution in [0.2, 0.25) is 0 Å². The number of benzene rings is 3. The van der Waals surface area contributed by atoms with Crippen molar-refractivity contribution in [3.8, 4) is 40.1 Å². The standard InChI is InChI=1S/C26H20O8/c1-31-19-5-3-4-15(25(19)32-2)16-10-22(30)33-21-12-18(29)24-17(28)11-20(34-26(24)23(16)21)13-6-8-14(27)9-7-13/h3-9,11-12,16,27,29H,10H2,1-2H3/t16-/m1/s1. The molecule has 2 heterocycles. The average molecular weight is 460 g/mol. The summed E-state index contributed by atoms with van der Waals surface area (Å²) in [5, 5.41) is 20.2. The largest absolute Gasteiger partial charge is 0.508 e. The lowest BCUT2D eigenvalue weighted by Gasteiger charge is -2.27. The van der Waals surface area contributed by atoms with E-state index in [1.807, 2.05) is 0 Å². The Morgan fingerprint density at radius 3 is 2.44 bits per heavy atom. The predicted molar refractivity (Wildman–Crippen MR) is 123 cm³/mol. The van der Waals surface area contributed by atoms with Crippen molar-refractivity contribution in [1.29, 1.82) is 0 Å².